The Hall–Kier alpha value is -1.68. The lowest BCUT2D eigenvalue weighted by Crippen LogP contribution is -2.12. The van der Waals surface area contributed by atoms with E-state index in [9.17, 15) is 0 Å². The van der Waals surface area contributed by atoms with Crippen LogP contribution in [0.5, 0.6) is 0 Å². The number of nitrogens with one attached hydrogen (secondary N) is 1. The van der Waals surface area contributed by atoms with Crippen molar-refractivity contribution in [3.05, 3.63) is 35.9 Å². The molecule has 2 heterocycles. The van der Waals surface area contributed by atoms with Crippen LogP contribution in [0.25, 0.3) is 11.6 Å². The number of hydrogen-bond acceptors (Lipinski definition) is 4. The Morgan fingerprint density at radius 3 is 2.62 bits per heavy atom. The van der Waals surface area contributed by atoms with E-state index < -0.39 is 0 Å². The molecule has 0 spiro atoms. The van der Waals surface area contributed by atoms with Crippen LogP contribution in [-0.2, 0) is 6.54 Å². The molecule has 0 aliphatic heterocycles. The van der Waals surface area contributed by atoms with Gasteiger partial charge in [0.1, 0.15) is 0 Å². The van der Waals surface area contributed by atoms with Crippen LogP contribution in [0.15, 0.2) is 29.1 Å². The van der Waals surface area contributed by atoms with Crippen LogP contribution in [0.4, 0.5) is 0 Å². The minimum atomic E-state index is 0.641. The van der Waals surface area contributed by atoms with E-state index in [0.29, 0.717) is 5.82 Å². The first-order chi connectivity index (χ1) is 7.81. The summed E-state index contributed by atoms with van der Waals surface area (Å²) in [5.41, 5.74) is 2.13. The molecule has 0 atom stereocenters. The predicted octanol–water partition coefficient (Wildman–Crippen LogP) is 2.15. The zero-order valence-electron chi connectivity index (χ0n) is 9.53. The van der Waals surface area contributed by atoms with E-state index in [-0.39, 0.29) is 0 Å². The number of aryl methyl sites for hydroxylation is 1. The van der Waals surface area contributed by atoms with Crippen molar-refractivity contribution in [2.75, 3.05) is 6.54 Å². The van der Waals surface area contributed by atoms with Gasteiger partial charge in [0, 0.05) is 24.5 Å². The number of aromatic nitrogens is 2. The predicted molar refractivity (Wildman–Crippen MR) is 61.9 cm³/mol. The Kier molecular flexibility index (Phi) is 3.31. The summed E-state index contributed by atoms with van der Waals surface area (Å²) in [6.07, 6.45) is 5.31. The highest BCUT2D eigenvalue weighted by Gasteiger charge is 2.07. The van der Waals surface area contributed by atoms with Crippen molar-refractivity contribution in [2.24, 2.45) is 0 Å². The molecule has 0 aliphatic rings. The topological polar surface area (TPSA) is 51.0 Å². The van der Waals surface area contributed by atoms with Crippen molar-refractivity contribution in [3.8, 4) is 11.6 Å². The van der Waals surface area contributed by atoms with Crippen LogP contribution in [0.2, 0.25) is 0 Å². The van der Waals surface area contributed by atoms with Gasteiger partial charge >= 0.3 is 0 Å². The molecule has 0 saturated heterocycles. The molecule has 2 rings (SSSR count). The number of hydrogen-bond donors (Lipinski definition) is 1. The standard InChI is InChI=1S/C12H15N3O/c1-3-13-6-10-7-14-12(15-8-10)11-9(2)4-5-16-11/h4-5,7-8,13H,3,6H2,1-2H3. The molecule has 0 amide bonds. The van der Waals surface area contributed by atoms with Crippen molar-refractivity contribution in [3.63, 3.8) is 0 Å². The van der Waals surface area contributed by atoms with E-state index in [4.69, 9.17) is 4.42 Å². The van der Waals surface area contributed by atoms with Crippen LogP contribution in [-0.4, -0.2) is 16.5 Å². The SMILES string of the molecule is CCNCc1cnc(-c2occc2C)nc1. The minimum absolute atomic E-state index is 0.641. The molecule has 16 heavy (non-hydrogen) atoms. The van der Waals surface area contributed by atoms with E-state index >= 15 is 0 Å². The summed E-state index contributed by atoms with van der Waals surface area (Å²) in [6, 6.07) is 1.91. The average molecular weight is 217 g/mol. The second-order valence-corrected chi connectivity index (χ2v) is 3.63. The molecule has 1 N–H and O–H groups in total. The zero-order valence-corrected chi connectivity index (χ0v) is 9.53. The second kappa shape index (κ2) is 4.90. The van der Waals surface area contributed by atoms with E-state index in [0.717, 1.165) is 30.0 Å². The maximum atomic E-state index is 5.33. The van der Waals surface area contributed by atoms with Gasteiger partial charge in [-0.25, -0.2) is 9.97 Å². The summed E-state index contributed by atoms with van der Waals surface area (Å²) in [7, 11) is 0. The summed E-state index contributed by atoms with van der Waals surface area (Å²) >= 11 is 0. The fraction of sp³-hybridized carbons (Fsp3) is 0.333. The third-order valence-corrected chi connectivity index (χ3v) is 2.35. The van der Waals surface area contributed by atoms with Gasteiger partial charge in [0.25, 0.3) is 0 Å². The monoisotopic (exact) mass is 217 g/mol. The van der Waals surface area contributed by atoms with E-state index in [1.807, 2.05) is 25.4 Å². The first-order valence-corrected chi connectivity index (χ1v) is 5.37. The number of rotatable bonds is 4. The van der Waals surface area contributed by atoms with Crippen molar-refractivity contribution >= 4 is 0 Å². The van der Waals surface area contributed by atoms with Crippen molar-refractivity contribution in [1.82, 2.24) is 15.3 Å². The zero-order chi connectivity index (χ0) is 11.4. The molecule has 0 unspecified atom stereocenters. The molecule has 2 aromatic heterocycles. The summed E-state index contributed by atoms with van der Waals surface area (Å²) < 4.78 is 5.33. The normalized spacial score (nSPS) is 10.6. The lowest BCUT2D eigenvalue weighted by molar-refractivity contribution is 0.575. The molecule has 84 valence electrons. The molecule has 0 bridgehead atoms. The van der Waals surface area contributed by atoms with Gasteiger partial charge in [-0.2, -0.15) is 0 Å². The third kappa shape index (κ3) is 2.28. The summed E-state index contributed by atoms with van der Waals surface area (Å²) in [6.45, 7) is 5.79. The lowest BCUT2D eigenvalue weighted by atomic mass is 10.2. The summed E-state index contributed by atoms with van der Waals surface area (Å²) in [5.74, 6) is 1.39. The Morgan fingerprint density at radius 1 is 1.31 bits per heavy atom. The van der Waals surface area contributed by atoms with Gasteiger partial charge < -0.3 is 9.73 Å². The maximum absolute atomic E-state index is 5.33. The number of furan rings is 1. The van der Waals surface area contributed by atoms with Gasteiger partial charge in [-0.15, -0.1) is 0 Å². The maximum Gasteiger partial charge on any atom is 0.195 e. The minimum Gasteiger partial charge on any atom is -0.461 e. The number of nitrogens with zero attached hydrogens (tertiary/aromatic N) is 2. The van der Waals surface area contributed by atoms with Gasteiger partial charge in [0.2, 0.25) is 0 Å². The van der Waals surface area contributed by atoms with Gasteiger partial charge in [-0.05, 0) is 25.1 Å². The second-order valence-electron chi connectivity index (χ2n) is 3.63. The fourth-order valence-electron chi connectivity index (χ4n) is 1.43. The lowest BCUT2D eigenvalue weighted by Gasteiger charge is -2.02. The molecular formula is C12H15N3O. The molecule has 0 aliphatic carbocycles. The highest BCUT2D eigenvalue weighted by molar-refractivity contribution is 5.51. The van der Waals surface area contributed by atoms with E-state index in [1.165, 1.54) is 0 Å². The van der Waals surface area contributed by atoms with Gasteiger partial charge in [0.15, 0.2) is 11.6 Å². The largest absolute Gasteiger partial charge is 0.461 e. The summed E-state index contributed by atoms with van der Waals surface area (Å²) in [5, 5.41) is 3.23. The van der Waals surface area contributed by atoms with Crippen molar-refractivity contribution in [1.29, 1.82) is 0 Å². The van der Waals surface area contributed by atoms with Crippen LogP contribution in [0.1, 0.15) is 18.1 Å². The Labute approximate surface area is 94.7 Å². The van der Waals surface area contributed by atoms with Gasteiger partial charge in [-0.1, -0.05) is 6.92 Å². The molecule has 2 aromatic rings. The van der Waals surface area contributed by atoms with E-state index in [2.05, 4.69) is 22.2 Å². The highest BCUT2D eigenvalue weighted by atomic mass is 16.3. The molecular weight excluding hydrogens is 202 g/mol. The Balaban J connectivity index is 2.16. The highest BCUT2D eigenvalue weighted by Crippen LogP contribution is 2.19. The average Bonchev–Trinajstić information content (AvgIpc) is 2.74. The molecule has 0 aromatic carbocycles. The Morgan fingerprint density at radius 2 is 2.06 bits per heavy atom. The van der Waals surface area contributed by atoms with Crippen molar-refractivity contribution in [2.45, 2.75) is 20.4 Å². The first-order valence-electron chi connectivity index (χ1n) is 5.37. The Bertz CT molecular complexity index is 448. The molecule has 0 fully saturated rings. The molecule has 0 saturated carbocycles. The molecule has 0 radical (unpaired) electrons. The van der Waals surface area contributed by atoms with Gasteiger partial charge in [-0.3, -0.25) is 0 Å². The first kappa shape index (κ1) is 10.8. The van der Waals surface area contributed by atoms with Crippen molar-refractivity contribution < 1.29 is 4.42 Å². The van der Waals surface area contributed by atoms with Crippen LogP contribution in [0, 0.1) is 6.92 Å². The molecule has 4 nitrogen and oxygen atoms in total. The fourth-order valence-corrected chi connectivity index (χ4v) is 1.43. The van der Waals surface area contributed by atoms with Crippen LogP contribution < -0.4 is 5.32 Å². The van der Waals surface area contributed by atoms with Gasteiger partial charge in [0.05, 0.1) is 6.26 Å². The van der Waals surface area contributed by atoms with Crippen LogP contribution in [0.3, 0.4) is 0 Å². The quantitative estimate of drug-likeness (QED) is 0.852. The third-order valence-electron chi connectivity index (χ3n) is 2.35. The molecule has 4 heteroatoms. The summed E-state index contributed by atoms with van der Waals surface area (Å²) in [4.78, 5) is 8.58. The van der Waals surface area contributed by atoms with Crippen LogP contribution >= 0.6 is 0 Å². The van der Waals surface area contributed by atoms with E-state index in [1.54, 1.807) is 6.26 Å². The smallest absolute Gasteiger partial charge is 0.195 e.